The zero-order valence-electron chi connectivity index (χ0n) is 14.8. The number of benzene rings is 1. The van der Waals surface area contributed by atoms with Crippen LogP contribution in [-0.2, 0) is 4.79 Å². The van der Waals surface area contributed by atoms with Crippen molar-refractivity contribution in [3.8, 4) is 0 Å². The summed E-state index contributed by atoms with van der Waals surface area (Å²) in [4.78, 5) is 14.8. The number of carbonyl (C=O) groups excluding carboxylic acids is 1. The highest BCUT2D eigenvalue weighted by Crippen LogP contribution is 2.32. The van der Waals surface area contributed by atoms with E-state index < -0.39 is 0 Å². The minimum Gasteiger partial charge on any atom is -0.342 e. The monoisotopic (exact) mass is 338 g/mol. The molecule has 1 aliphatic heterocycles. The number of halogens is 1. The van der Waals surface area contributed by atoms with Gasteiger partial charge in [0.2, 0.25) is 5.91 Å². The Bertz CT molecular complexity index is 501. The van der Waals surface area contributed by atoms with Crippen LogP contribution in [0.15, 0.2) is 30.3 Å². The summed E-state index contributed by atoms with van der Waals surface area (Å²) in [6, 6.07) is 10.6. The first-order chi connectivity index (χ1) is 10.3. The van der Waals surface area contributed by atoms with E-state index >= 15 is 0 Å². The molecule has 2 rings (SSSR count). The van der Waals surface area contributed by atoms with Crippen LogP contribution in [0, 0.1) is 11.3 Å². The molecular weight excluding hydrogens is 308 g/mol. The first-order valence-corrected chi connectivity index (χ1v) is 8.39. The number of hydrogen-bond donors (Lipinski definition) is 1. The Balaban J connectivity index is 0.00000264. The minimum absolute atomic E-state index is 0. The van der Waals surface area contributed by atoms with Crippen LogP contribution in [0.1, 0.15) is 52.0 Å². The lowest BCUT2D eigenvalue weighted by Crippen LogP contribution is -2.54. The molecule has 23 heavy (non-hydrogen) atoms. The van der Waals surface area contributed by atoms with Crippen molar-refractivity contribution in [1.29, 1.82) is 0 Å². The van der Waals surface area contributed by atoms with Gasteiger partial charge in [0.05, 0.1) is 0 Å². The van der Waals surface area contributed by atoms with E-state index in [9.17, 15) is 4.79 Å². The maximum Gasteiger partial charge on any atom is 0.223 e. The van der Waals surface area contributed by atoms with Crippen molar-refractivity contribution in [2.45, 2.75) is 52.5 Å². The molecule has 4 heteroatoms. The highest BCUT2D eigenvalue weighted by molar-refractivity contribution is 5.85. The number of likely N-dealkylation sites (tertiary alicyclic amines) is 1. The number of rotatable bonds is 4. The van der Waals surface area contributed by atoms with Gasteiger partial charge in [0.15, 0.2) is 0 Å². The fourth-order valence-electron chi connectivity index (χ4n) is 3.34. The summed E-state index contributed by atoms with van der Waals surface area (Å²) in [5.41, 5.74) is 7.45. The summed E-state index contributed by atoms with van der Waals surface area (Å²) in [6.45, 7) is 10.3. The largest absolute Gasteiger partial charge is 0.342 e. The maximum absolute atomic E-state index is 12.8. The number of piperidine rings is 1. The molecule has 0 bridgehead atoms. The predicted octanol–water partition coefficient (Wildman–Crippen LogP) is 3.82. The van der Waals surface area contributed by atoms with Gasteiger partial charge in [-0.15, -0.1) is 12.4 Å². The molecule has 1 heterocycles. The lowest BCUT2D eigenvalue weighted by atomic mass is 9.79. The van der Waals surface area contributed by atoms with Gasteiger partial charge in [-0.2, -0.15) is 0 Å². The predicted molar refractivity (Wildman–Crippen MR) is 98.8 cm³/mol. The van der Waals surface area contributed by atoms with Crippen molar-refractivity contribution in [2.75, 3.05) is 13.1 Å². The molecule has 1 aliphatic rings. The van der Waals surface area contributed by atoms with Gasteiger partial charge in [-0.3, -0.25) is 4.79 Å². The summed E-state index contributed by atoms with van der Waals surface area (Å²) in [7, 11) is 0. The third kappa shape index (κ3) is 4.95. The van der Waals surface area contributed by atoms with Crippen molar-refractivity contribution in [3.05, 3.63) is 35.9 Å². The molecule has 1 fully saturated rings. The standard InChI is InChI=1S/C19H30N2O.ClH/c1-14(2)16(15-8-6-5-7-9-15)12-18(22)21-11-10-17(20)19(3,4)13-21;/h5-9,14,16-17H,10-13,20H2,1-4H3;1H. The molecule has 1 aromatic rings. The Morgan fingerprint density at radius 3 is 2.43 bits per heavy atom. The smallest absolute Gasteiger partial charge is 0.223 e. The topological polar surface area (TPSA) is 46.3 Å². The number of carbonyl (C=O) groups is 1. The molecule has 0 spiro atoms. The number of nitrogens with zero attached hydrogens (tertiary/aromatic N) is 1. The molecule has 2 atom stereocenters. The molecule has 1 amide bonds. The highest BCUT2D eigenvalue weighted by Gasteiger charge is 2.36. The summed E-state index contributed by atoms with van der Waals surface area (Å²) in [5.74, 6) is 1.00. The van der Waals surface area contributed by atoms with E-state index in [2.05, 4.69) is 52.0 Å². The first kappa shape index (κ1) is 20.0. The van der Waals surface area contributed by atoms with Gasteiger partial charge < -0.3 is 10.6 Å². The third-order valence-electron chi connectivity index (χ3n) is 5.09. The van der Waals surface area contributed by atoms with Crippen LogP contribution in [0.5, 0.6) is 0 Å². The van der Waals surface area contributed by atoms with Crippen LogP contribution in [0.2, 0.25) is 0 Å². The second-order valence-electron chi connectivity index (χ2n) is 7.66. The highest BCUT2D eigenvalue weighted by atomic mass is 35.5. The van der Waals surface area contributed by atoms with Crippen molar-refractivity contribution in [3.63, 3.8) is 0 Å². The molecule has 2 N–H and O–H groups in total. The minimum atomic E-state index is 0. The average Bonchev–Trinajstić information content (AvgIpc) is 2.47. The molecular formula is C19H31ClN2O. The molecule has 0 radical (unpaired) electrons. The fraction of sp³-hybridized carbons (Fsp3) is 0.632. The number of hydrogen-bond acceptors (Lipinski definition) is 2. The van der Waals surface area contributed by atoms with Crippen molar-refractivity contribution in [1.82, 2.24) is 4.90 Å². The third-order valence-corrected chi connectivity index (χ3v) is 5.09. The van der Waals surface area contributed by atoms with E-state index in [-0.39, 0.29) is 35.7 Å². The summed E-state index contributed by atoms with van der Waals surface area (Å²) < 4.78 is 0. The van der Waals surface area contributed by atoms with E-state index in [0.717, 1.165) is 19.5 Å². The van der Waals surface area contributed by atoms with E-state index in [1.165, 1.54) is 5.56 Å². The van der Waals surface area contributed by atoms with E-state index in [1.807, 2.05) is 11.0 Å². The van der Waals surface area contributed by atoms with Crippen molar-refractivity contribution >= 4 is 18.3 Å². The van der Waals surface area contributed by atoms with Crippen LogP contribution in [0.25, 0.3) is 0 Å². The Labute approximate surface area is 147 Å². The van der Waals surface area contributed by atoms with Crippen LogP contribution in [-0.4, -0.2) is 29.9 Å². The Hall–Kier alpha value is -1.06. The van der Waals surface area contributed by atoms with E-state index in [1.54, 1.807) is 0 Å². The molecule has 0 aliphatic carbocycles. The molecule has 2 unspecified atom stereocenters. The molecule has 3 nitrogen and oxygen atoms in total. The fourth-order valence-corrected chi connectivity index (χ4v) is 3.34. The number of amides is 1. The maximum atomic E-state index is 12.8. The summed E-state index contributed by atoms with van der Waals surface area (Å²) in [5, 5.41) is 0. The van der Waals surface area contributed by atoms with Crippen molar-refractivity contribution < 1.29 is 4.79 Å². The van der Waals surface area contributed by atoms with Gasteiger partial charge in [0.1, 0.15) is 0 Å². The lowest BCUT2D eigenvalue weighted by molar-refractivity contribution is -0.135. The Morgan fingerprint density at radius 1 is 1.30 bits per heavy atom. The summed E-state index contributed by atoms with van der Waals surface area (Å²) in [6.07, 6.45) is 1.49. The SMILES string of the molecule is CC(C)C(CC(=O)N1CCC(N)C(C)(C)C1)c1ccccc1.Cl. The summed E-state index contributed by atoms with van der Waals surface area (Å²) >= 11 is 0. The van der Waals surface area contributed by atoms with Gasteiger partial charge in [-0.05, 0) is 29.2 Å². The Kier molecular flexibility index (Phi) is 7.09. The molecule has 0 saturated carbocycles. The normalized spacial score (nSPS) is 21.7. The lowest BCUT2D eigenvalue weighted by Gasteiger charge is -2.43. The molecule has 1 saturated heterocycles. The van der Waals surface area contributed by atoms with Crippen molar-refractivity contribution in [2.24, 2.45) is 17.1 Å². The second kappa shape index (κ2) is 8.16. The van der Waals surface area contributed by atoms with Gasteiger partial charge in [0, 0.05) is 25.6 Å². The van der Waals surface area contributed by atoms with E-state index in [4.69, 9.17) is 5.73 Å². The van der Waals surface area contributed by atoms with Gasteiger partial charge in [-0.1, -0.05) is 58.0 Å². The van der Waals surface area contributed by atoms with Gasteiger partial charge >= 0.3 is 0 Å². The zero-order valence-corrected chi connectivity index (χ0v) is 15.6. The van der Waals surface area contributed by atoms with Crippen LogP contribution in [0.4, 0.5) is 0 Å². The second-order valence-corrected chi connectivity index (χ2v) is 7.66. The van der Waals surface area contributed by atoms with Crippen LogP contribution in [0.3, 0.4) is 0 Å². The van der Waals surface area contributed by atoms with Crippen LogP contribution >= 0.6 is 12.4 Å². The average molecular weight is 339 g/mol. The first-order valence-electron chi connectivity index (χ1n) is 8.39. The number of nitrogens with two attached hydrogens (primary N) is 1. The van der Waals surface area contributed by atoms with Gasteiger partial charge in [-0.25, -0.2) is 0 Å². The Morgan fingerprint density at radius 2 is 1.91 bits per heavy atom. The van der Waals surface area contributed by atoms with E-state index in [0.29, 0.717) is 12.3 Å². The quantitative estimate of drug-likeness (QED) is 0.907. The molecule has 0 aromatic heterocycles. The molecule has 1 aromatic carbocycles. The molecule has 130 valence electrons. The zero-order chi connectivity index (χ0) is 16.3. The van der Waals surface area contributed by atoms with Gasteiger partial charge in [0.25, 0.3) is 0 Å². The van der Waals surface area contributed by atoms with Crippen LogP contribution < -0.4 is 5.73 Å².